The summed E-state index contributed by atoms with van der Waals surface area (Å²) in [4.78, 5) is 0. The molecule has 0 amide bonds. The Balaban J connectivity index is 2.43. The van der Waals surface area contributed by atoms with Crippen LogP contribution in [0.4, 0.5) is 0 Å². The summed E-state index contributed by atoms with van der Waals surface area (Å²) in [5.41, 5.74) is 5.46. The van der Waals surface area contributed by atoms with Crippen molar-refractivity contribution in [2.24, 2.45) is 10.9 Å². The number of nitrogens with two attached hydrogens (primary N) is 1. The largest absolute Gasteiger partial charge is 0.409 e. The fourth-order valence-electron chi connectivity index (χ4n) is 1.88. The van der Waals surface area contributed by atoms with Crippen molar-refractivity contribution in [3.63, 3.8) is 0 Å². The van der Waals surface area contributed by atoms with Crippen LogP contribution in [0.1, 0.15) is 19.8 Å². The monoisotopic (exact) mass is 264 g/mol. The van der Waals surface area contributed by atoms with E-state index in [1.165, 1.54) is 10.6 Å². The first-order valence-electron chi connectivity index (χ1n) is 5.53. The molecule has 17 heavy (non-hydrogen) atoms. The Labute approximate surface area is 102 Å². The van der Waals surface area contributed by atoms with E-state index in [9.17, 15) is 8.42 Å². The van der Waals surface area contributed by atoms with Gasteiger partial charge in [0.25, 0.3) is 0 Å². The van der Waals surface area contributed by atoms with Crippen LogP contribution >= 0.6 is 0 Å². The molecule has 1 atom stereocenters. The summed E-state index contributed by atoms with van der Waals surface area (Å²) >= 11 is 0. The third kappa shape index (κ3) is 4.14. The van der Waals surface area contributed by atoms with Gasteiger partial charge in [0.2, 0.25) is 10.0 Å². The molecule has 1 fully saturated rings. The zero-order valence-electron chi connectivity index (χ0n) is 10.1. The predicted molar refractivity (Wildman–Crippen MR) is 65.4 cm³/mol. The van der Waals surface area contributed by atoms with Crippen molar-refractivity contribution in [2.75, 3.05) is 19.3 Å². The van der Waals surface area contributed by atoms with Crippen LogP contribution in [-0.4, -0.2) is 55.2 Å². The van der Waals surface area contributed by atoms with Crippen LogP contribution in [-0.2, 0) is 10.0 Å². The van der Waals surface area contributed by atoms with Crippen molar-refractivity contribution < 1.29 is 13.6 Å². The van der Waals surface area contributed by atoms with Gasteiger partial charge in [-0.3, -0.25) is 0 Å². The van der Waals surface area contributed by atoms with E-state index in [1.54, 1.807) is 6.92 Å². The number of oxime groups is 1. The number of sulfonamides is 1. The smallest absolute Gasteiger partial charge is 0.211 e. The average Bonchev–Trinajstić information content (AvgIpc) is 2.27. The van der Waals surface area contributed by atoms with Gasteiger partial charge in [-0.15, -0.1) is 0 Å². The molecule has 0 spiro atoms. The van der Waals surface area contributed by atoms with E-state index >= 15 is 0 Å². The number of rotatable bonds is 4. The highest BCUT2D eigenvalue weighted by molar-refractivity contribution is 7.88. The first kappa shape index (κ1) is 14.2. The molecule has 0 aromatic carbocycles. The first-order valence-corrected chi connectivity index (χ1v) is 7.38. The molecule has 0 saturated carbocycles. The van der Waals surface area contributed by atoms with Crippen LogP contribution in [0.25, 0.3) is 0 Å². The Bertz CT molecular complexity index is 374. The molecule has 0 aromatic rings. The number of amidine groups is 1. The number of nitrogens with one attached hydrogen (secondary N) is 1. The topological polar surface area (TPSA) is 108 Å². The third-order valence-electron chi connectivity index (χ3n) is 2.97. The lowest BCUT2D eigenvalue weighted by atomic mass is 10.1. The van der Waals surface area contributed by atoms with Gasteiger partial charge in [-0.2, -0.15) is 0 Å². The van der Waals surface area contributed by atoms with Crippen molar-refractivity contribution in [1.82, 2.24) is 9.62 Å². The predicted octanol–water partition coefficient (Wildman–Crippen LogP) is -0.865. The molecule has 0 bridgehead atoms. The van der Waals surface area contributed by atoms with Crippen LogP contribution in [0.2, 0.25) is 0 Å². The normalized spacial score (nSPS) is 22.6. The van der Waals surface area contributed by atoms with Crippen molar-refractivity contribution in [3.05, 3.63) is 0 Å². The van der Waals surface area contributed by atoms with E-state index < -0.39 is 10.0 Å². The highest BCUT2D eigenvalue weighted by Gasteiger charge is 2.25. The molecular weight excluding hydrogens is 244 g/mol. The van der Waals surface area contributed by atoms with Crippen molar-refractivity contribution in [2.45, 2.75) is 31.8 Å². The van der Waals surface area contributed by atoms with Crippen molar-refractivity contribution in [3.8, 4) is 0 Å². The summed E-state index contributed by atoms with van der Waals surface area (Å²) in [6.07, 6.45) is 2.69. The molecule has 8 heteroatoms. The molecule has 1 aliphatic rings. The highest BCUT2D eigenvalue weighted by atomic mass is 32.2. The number of nitrogens with zero attached hydrogens (tertiary/aromatic N) is 2. The maximum absolute atomic E-state index is 11.3. The standard InChI is InChI=1S/C9H20N4O3S/c1-7(9(10)12-14)11-8-3-5-13(6-4-8)17(2,15)16/h7-8,11,14H,3-6H2,1-2H3,(H2,10,12). The van der Waals surface area contributed by atoms with E-state index in [4.69, 9.17) is 10.9 Å². The quantitative estimate of drug-likeness (QED) is 0.265. The number of hydrogen-bond acceptors (Lipinski definition) is 5. The lowest BCUT2D eigenvalue weighted by Gasteiger charge is -2.32. The van der Waals surface area contributed by atoms with E-state index in [2.05, 4.69) is 10.5 Å². The zero-order valence-corrected chi connectivity index (χ0v) is 10.9. The Morgan fingerprint density at radius 1 is 1.53 bits per heavy atom. The summed E-state index contributed by atoms with van der Waals surface area (Å²) in [5, 5.41) is 14.7. The van der Waals surface area contributed by atoms with Crippen LogP contribution in [0.5, 0.6) is 0 Å². The second-order valence-corrected chi connectivity index (χ2v) is 6.33. The minimum Gasteiger partial charge on any atom is -0.409 e. The van der Waals surface area contributed by atoms with E-state index in [0.29, 0.717) is 13.1 Å². The van der Waals surface area contributed by atoms with Gasteiger partial charge in [-0.1, -0.05) is 5.16 Å². The molecule has 1 saturated heterocycles. The maximum atomic E-state index is 11.3. The van der Waals surface area contributed by atoms with Crippen LogP contribution in [0, 0.1) is 0 Å². The number of hydrogen-bond donors (Lipinski definition) is 3. The average molecular weight is 264 g/mol. The molecule has 0 aromatic heterocycles. The minimum absolute atomic E-state index is 0.135. The molecule has 0 radical (unpaired) electrons. The van der Waals surface area contributed by atoms with Crippen molar-refractivity contribution in [1.29, 1.82) is 0 Å². The lowest BCUT2D eigenvalue weighted by molar-refractivity contribution is 0.283. The lowest BCUT2D eigenvalue weighted by Crippen LogP contribution is -2.50. The molecule has 100 valence electrons. The van der Waals surface area contributed by atoms with Crippen LogP contribution in [0.3, 0.4) is 0 Å². The highest BCUT2D eigenvalue weighted by Crippen LogP contribution is 2.13. The third-order valence-corrected chi connectivity index (χ3v) is 4.27. The van der Waals surface area contributed by atoms with Crippen LogP contribution in [0.15, 0.2) is 5.16 Å². The summed E-state index contributed by atoms with van der Waals surface area (Å²) in [6.45, 7) is 2.83. The molecule has 1 rings (SSSR count). The summed E-state index contributed by atoms with van der Waals surface area (Å²) in [6, 6.07) is -0.0157. The molecule has 4 N–H and O–H groups in total. The maximum Gasteiger partial charge on any atom is 0.211 e. The van der Waals surface area contributed by atoms with E-state index in [-0.39, 0.29) is 17.9 Å². The second-order valence-electron chi connectivity index (χ2n) is 4.35. The van der Waals surface area contributed by atoms with Gasteiger partial charge in [-0.25, -0.2) is 12.7 Å². The SMILES string of the molecule is CC(NC1CCN(S(C)(=O)=O)CC1)C(N)=NO. The minimum atomic E-state index is -3.08. The van der Waals surface area contributed by atoms with Gasteiger partial charge in [-0.05, 0) is 19.8 Å². The van der Waals surface area contributed by atoms with E-state index in [0.717, 1.165) is 12.8 Å². The number of piperidine rings is 1. The van der Waals surface area contributed by atoms with Crippen LogP contribution < -0.4 is 11.1 Å². The fourth-order valence-corrected chi connectivity index (χ4v) is 2.75. The molecular formula is C9H20N4O3S. The zero-order chi connectivity index (χ0) is 13.1. The molecule has 0 aliphatic carbocycles. The van der Waals surface area contributed by atoms with Gasteiger partial charge in [0.05, 0.1) is 12.3 Å². The Morgan fingerprint density at radius 2 is 2.06 bits per heavy atom. The van der Waals surface area contributed by atoms with Gasteiger partial charge in [0.15, 0.2) is 5.84 Å². The summed E-state index contributed by atoms with van der Waals surface area (Å²) in [7, 11) is -3.08. The Morgan fingerprint density at radius 3 is 2.47 bits per heavy atom. The molecule has 1 heterocycles. The Kier molecular flexibility index (Phi) is 4.72. The second kappa shape index (κ2) is 5.65. The Hall–Kier alpha value is -0.860. The van der Waals surface area contributed by atoms with Crippen molar-refractivity contribution >= 4 is 15.9 Å². The van der Waals surface area contributed by atoms with Gasteiger partial charge < -0.3 is 16.3 Å². The summed E-state index contributed by atoms with van der Waals surface area (Å²) in [5.74, 6) is 0.135. The first-order chi connectivity index (χ1) is 7.84. The van der Waals surface area contributed by atoms with Gasteiger partial charge in [0, 0.05) is 19.1 Å². The molecule has 7 nitrogen and oxygen atoms in total. The fraction of sp³-hybridized carbons (Fsp3) is 0.889. The molecule has 1 aliphatic heterocycles. The van der Waals surface area contributed by atoms with E-state index in [1.807, 2.05) is 0 Å². The molecule has 1 unspecified atom stereocenters. The van der Waals surface area contributed by atoms with Gasteiger partial charge >= 0.3 is 0 Å². The summed E-state index contributed by atoms with van der Waals surface area (Å²) < 4.78 is 24.1. The van der Waals surface area contributed by atoms with Gasteiger partial charge in [0.1, 0.15) is 0 Å².